The molecule has 0 N–H and O–H groups in total. The lowest BCUT2D eigenvalue weighted by molar-refractivity contribution is -0.840. The van der Waals surface area contributed by atoms with E-state index in [1.54, 1.807) is 5.56 Å². The molecular weight excluding hydrogens is 705 g/mol. The molecule has 6 aliphatic rings. The van der Waals surface area contributed by atoms with Crippen LogP contribution in [0.1, 0.15) is 150 Å². The zero-order chi connectivity index (χ0) is 39.3. The van der Waals surface area contributed by atoms with Crippen molar-refractivity contribution in [2.45, 2.75) is 140 Å². The van der Waals surface area contributed by atoms with Crippen molar-refractivity contribution < 1.29 is 9.15 Å². The van der Waals surface area contributed by atoms with Crippen LogP contribution in [0, 0.1) is 5.92 Å². The molecule has 4 nitrogen and oxygen atoms in total. The molecule has 5 aromatic carbocycles. The average molecular weight is 765 g/mol. The second-order valence-electron chi connectivity index (χ2n) is 19.8. The van der Waals surface area contributed by atoms with Gasteiger partial charge in [0.1, 0.15) is 11.3 Å². The van der Waals surface area contributed by atoms with Crippen LogP contribution in [0.25, 0.3) is 27.1 Å². The SMILES string of the molecule is CC(C)c1c2c(cc3ccccc13)C1N=C[N+]3=C(c4c(ccc5cc(C(C)(C)C)ccc45)C34N(C3CCCCC3)C=C(c3ccccc3)C=[N+]4C3CCCCC3)C1C2. The first kappa shape index (κ1) is 36.3. The lowest BCUT2D eigenvalue weighted by Gasteiger charge is -2.46. The fourth-order valence-corrected chi connectivity index (χ4v) is 12.4. The first-order valence-corrected chi connectivity index (χ1v) is 22.7. The largest absolute Gasteiger partial charge is 0.417 e. The molecule has 0 aromatic heterocycles. The Balaban J connectivity index is 1.22. The number of rotatable bonds is 4. The van der Waals surface area contributed by atoms with Crippen molar-refractivity contribution in [1.29, 1.82) is 0 Å². The molecule has 11 rings (SSSR count). The van der Waals surface area contributed by atoms with Crippen molar-refractivity contribution >= 4 is 45.4 Å². The van der Waals surface area contributed by atoms with E-state index >= 15 is 0 Å². The predicted molar refractivity (Wildman–Crippen MR) is 241 cm³/mol. The Kier molecular flexibility index (Phi) is 8.51. The molecule has 3 heterocycles. The van der Waals surface area contributed by atoms with E-state index in [2.05, 4.69) is 158 Å². The highest BCUT2D eigenvalue weighted by Crippen LogP contribution is 2.55. The van der Waals surface area contributed by atoms with Gasteiger partial charge in [0.25, 0.3) is 6.34 Å². The highest BCUT2D eigenvalue weighted by Gasteiger charge is 2.68. The van der Waals surface area contributed by atoms with Gasteiger partial charge in [0.2, 0.25) is 0 Å². The van der Waals surface area contributed by atoms with Crippen LogP contribution in [-0.2, 0) is 17.6 Å². The number of benzene rings is 5. The minimum atomic E-state index is -0.543. The number of hydrogen-bond donors (Lipinski definition) is 0. The summed E-state index contributed by atoms with van der Waals surface area (Å²) in [6, 6.07) is 36.2. The highest BCUT2D eigenvalue weighted by molar-refractivity contribution is 6.15. The Labute approximate surface area is 345 Å². The standard InChI is InChI=1S/C54H60N4/c1-35(2)49-43-24-16-15-19-37(43)30-46-45(49)31-47-51(46)55-34-58-52(47)50-44-27-26-40(53(3,4)5)29-38(44)25-28-48(50)54(58)56(41-20-11-7-12-21-41)32-39(36-17-9-6-10-18-36)33-57(54)42-22-13-8-14-23-42/h6,9-10,15-19,24-30,32-35,41-42,47,51H,7-8,11-14,20-23,31H2,1-5H3/q+2. The third-order valence-corrected chi connectivity index (χ3v) is 15.0. The zero-order valence-electron chi connectivity index (χ0n) is 35.3. The molecule has 4 heteroatoms. The van der Waals surface area contributed by atoms with E-state index in [0.717, 1.165) is 6.42 Å². The van der Waals surface area contributed by atoms with Crippen LogP contribution in [-0.4, -0.2) is 44.4 Å². The summed E-state index contributed by atoms with van der Waals surface area (Å²) in [5, 5.41) is 5.51. The van der Waals surface area contributed by atoms with Crippen LogP contribution in [0.3, 0.4) is 0 Å². The maximum absolute atomic E-state index is 5.77. The summed E-state index contributed by atoms with van der Waals surface area (Å²) in [7, 11) is 0. The molecule has 3 aliphatic carbocycles. The molecule has 0 bridgehead atoms. The minimum absolute atomic E-state index is 0.0745. The molecule has 0 amide bonds. The Hall–Kier alpha value is -4.83. The monoisotopic (exact) mass is 764 g/mol. The summed E-state index contributed by atoms with van der Waals surface area (Å²) in [5.41, 5.74) is 13.0. The molecule has 58 heavy (non-hydrogen) atoms. The molecular formula is C54H60N4+2. The molecule has 3 atom stereocenters. The number of allylic oxidation sites excluding steroid dienone is 1. The van der Waals surface area contributed by atoms with Gasteiger partial charge in [-0.1, -0.05) is 144 Å². The van der Waals surface area contributed by atoms with Gasteiger partial charge in [-0.05, 0) is 99.4 Å². The van der Waals surface area contributed by atoms with Gasteiger partial charge in [-0.2, -0.15) is 4.58 Å². The van der Waals surface area contributed by atoms with E-state index in [4.69, 9.17) is 4.99 Å². The molecule has 0 saturated heterocycles. The normalized spacial score (nSPS) is 24.7. The molecule has 0 radical (unpaired) electrons. The van der Waals surface area contributed by atoms with Gasteiger partial charge < -0.3 is 0 Å². The summed E-state index contributed by atoms with van der Waals surface area (Å²) in [4.78, 5) is 8.67. The van der Waals surface area contributed by atoms with Crippen molar-refractivity contribution in [3.05, 3.63) is 136 Å². The molecule has 1 spiro atoms. The van der Waals surface area contributed by atoms with Crippen molar-refractivity contribution in [1.82, 2.24) is 4.90 Å². The van der Waals surface area contributed by atoms with Gasteiger partial charge in [-0.3, -0.25) is 4.90 Å². The highest BCUT2D eigenvalue weighted by atomic mass is 15.5. The quantitative estimate of drug-likeness (QED) is 0.167. The molecule has 3 unspecified atom stereocenters. The molecule has 3 aliphatic heterocycles. The van der Waals surface area contributed by atoms with E-state index in [1.165, 1.54) is 130 Å². The fourth-order valence-electron chi connectivity index (χ4n) is 12.4. The molecule has 2 fully saturated rings. The van der Waals surface area contributed by atoms with Crippen molar-refractivity contribution in [2.24, 2.45) is 10.9 Å². The van der Waals surface area contributed by atoms with Crippen molar-refractivity contribution in [3.8, 4) is 0 Å². The predicted octanol–water partition coefficient (Wildman–Crippen LogP) is 12.4. The van der Waals surface area contributed by atoms with Gasteiger partial charge in [0, 0.05) is 36.2 Å². The van der Waals surface area contributed by atoms with Crippen molar-refractivity contribution in [3.63, 3.8) is 0 Å². The van der Waals surface area contributed by atoms with Crippen LogP contribution < -0.4 is 0 Å². The van der Waals surface area contributed by atoms with Crippen LogP contribution in [0.5, 0.6) is 0 Å². The molecule has 2 saturated carbocycles. The zero-order valence-corrected chi connectivity index (χ0v) is 35.3. The Morgan fingerprint density at radius 2 is 1.48 bits per heavy atom. The van der Waals surface area contributed by atoms with E-state index in [9.17, 15) is 0 Å². The summed E-state index contributed by atoms with van der Waals surface area (Å²) in [6.45, 7) is 11.8. The van der Waals surface area contributed by atoms with Crippen LogP contribution in [0.2, 0.25) is 0 Å². The topological polar surface area (TPSA) is 21.6 Å². The van der Waals surface area contributed by atoms with E-state index in [0.29, 0.717) is 18.0 Å². The second kappa shape index (κ2) is 13.6. The minimum Gasteiger partial charge on any atom is -0.272 e. The molecule has 294 valence electrons. The number of hydrogen-bond acceptors (Lipinski definition) is 2. The van der Waals surface area contributed by atoms with Crippen LogP contribution in [0.15, 0.2) is 102 Å². The number of nitrogens with zero attached hydrogens (tertiary/aromatic N) is 4. The Morgan fingerprint density at radius 3 is 2.24 bits per heavy atom. The third kappa shape index (κ3) is 5.35. The van der Waals surface area contributed by atoms with Gasteiger partial charge in [-0.15, -0.1) is 4.58 Å². The van der Waals surface area contributed by atoms with Crippen molar-refractivity contribution in [2.75, 3.05) is 0 Å². The average Bonchev–Trinajstić information content (AvgIpc) is 3.76. The first-order chi connectivity index (χ1) is 28.2. The Morgan fingerprint density at radius 1 is 0.759 bits per heavy atom. The van der Waals surface area contributed by atoms with E-state index in [1.807, 2.05) is 0 Å². The first-order valence-electron chi connectivity index (χ1n) is 22.7. The maximum Gasteiger partial charge on any atom is 0.417 e. The van der Waals surface area contributed by atoms with Gasteiger partial charge in [0.05, 0.1) is 11.5 Å². The van der Waals surface area contributed by atoms with E-state index in [-0.39, 0.29) is 17.4 Å². The lowest BCUT2D eigenvalue weighted by atomic mass is 9.82. The summed E-state index contributed by atoms with van der Waals surface area (Å²) >= 11 is 0. The summed E-state index contributed by atoms with van der Waals surface area (Å²) < 4.78 is 5.65. The van der Waals surface area contributed by atoms with Crippen LogP contribution >= 0.6 is 0 Å². The second-order valence-corrected chi connectivity index (χ2v) is 19.8. The third-order valence-electron chi connectivity index (χ3n) is 15.0. The number of fused-ring (bicyclic) bond motifs is 11. The van der Waals surface area contributed by atoms with Crippen LogP contribution in [0.4, 0.5) is 0 Å². The summed E-state index contributed by atoms with van der Waals surface area (Å²) in [5.74, 6) is 0.141. The summed E-state index contributed by atoms with van der Waals surface area (Å²) in [6.07, 6.45) is 21.2. The van der Waals surface area contributed by atoms with Gasteiger partial charge in [-0.25, -0.2) is 0 Å². The Bertz CT molecular complexity index is 2590. The van der Waals surface area contributed by atoms with Gasteiger partial charge >= 0.3 is 5.79 Å². The number of aliphatic imine (C=N–C) groups is 1. The van der Waals surface area contributed by atoms with E-state index < -0.39 is 5.79 Å². The lowest BCUT2D eigenvalue weighted by Crippen LogP contribution is -2.65. The van der Waals surface area contributed by atoms with Gasteiger partial charge in [0.15, 0.2) is 18.3 Å². The fraction of sp³-hybridized carbons (Fsp3) is 0.426. The maximum atomic E-state index is 5.77. The smallest absolute Gasteiger partial charge is 0.272 e. The molecule has 5 aromatic rings.